The van der Waals surface area contributed by atoms with E-state index in [4.69, 9.17) is 7.85 Å². The summed E-state index contributed by atoms with van der Waals surface area (Å²) in [5.41, 5.74) is 6.69. The van der Waals surface area contributed by atoms with Gasteiger partial charge in [0, 0.05) is 8.95 Å². The number of halogens is 2. The molecule has 22 heavy (non-hydrogen) atoms. The van der Waals surface area contributed by atoms with Gasteiger partial charge >= 0.3 is 0 Å². The molecule has 0 saturated heterocycles. The molecule has 106 valence electrons. The second-order valence-corrected chi connectivity index (χ2v) is 7.20. The van der Waals surface area contributed by atoms with Crippen molar-refractivity contribution < 1.29 is 0 Å². The third-order valence-corrected chi connectivity index (χ3v) is 4.43. The van der Waals surface area contributed by atoms with Gasteiger partial charge in [0.1, 0.15) is 7.85 Å². The first-order valence-electron chi connectivity index (χ1n) is 6.95. The SMILES string of the molecule is [B]c1cc(Br)cc(-c2ccc(-c3cc(C)cc(Br)c3)cc2)c1. The van der Waals surface area contributed by atoms with Crippen LogP contribution in [0.4, 0.5) is 0 Å². The van der Waals surface area contributed by atoms with Gasteiger partial charge in [-0.05, 0) is 52.9 Å². The van der Waals surface area contributed by atoms with E-state index in [0.29, 0.717) is 0 Å². The molecule has 0 unspecified atom stereocenters. The van der Waals surface area contributed by atoms with Gasteiger partial charge in [0.25, 0.3) is 0 Å². The van der Waals surface area contributed by atoms with Crippen molar-refractivity contribution in [2.45, 2.75) is 6.92 Å². The molecule has 3 heteroatoms. The molecule has 3 aromatic rings. The van der Waals surface area contributed by atoms with Gasteiger partial charge in [-0.15, -0.1) is 0 Å². The van der Waals surface area contributed by atoms with E-state index in [1.165, 1.54) is 16.7 Å². The molecule has 0 nitrogen and oxygen atoms in total. The van der Waals surface area contributed by atoms with E-state index in [-0.39, 0.29) is 0 Å². The minimum atomic E-state index is 0.760. The average Bonchev–Trinajstić information content (AvgIpc) is 2.45. The Labute approximate surface area is 149 Å². The van der Waals surface area contributed by atoms with Crippen molar-refractivity contribution in [2.24, 2.45) is 0 Å². The maximum absolute atomic E-state index is 5.92. The maximum Gasteiger partial charge on any atom is 0.113 e. The molecule has 0 aliphatic rings. The summed E-state index contributed by atoms with van der Waals surface area (Å²) in [7, 11) is 5.92. The topological polar surface area (TPSA) is 0 Å². The van der Waals surface area contributed by atoms with E-state index in [2.05, 4.69) is 87.3 Å². The number of aryl methyl sites for hydroxylation is 1. The lowest BCUT2D eigenvalue weighted by molar-refractivity contribution is 1.44. The van der Waals surface area contributed by atoms with Crippen molar-refractivity contribution in [1.29, 1.82) is 0 Å². The zero-order valence-electron chi connectivity index (χ0n) is 12.1. The zero-order valence-corrected chi connectivity index (χ0v) is 15.3. The molecule has 3 aromatic carbocycles. The molecule has 2 radical (unpaired) electrons. The minimum absolute atomic E-state index is 0.760. The molecule has 0 fully saturated rings. The summed E-state index contributed by atoms with van der Waals surface area (Å²) in [5, 5.41) is 0. The van der Waals surface area contributed by atoms with Gasteiger partial charge in [0.15, 0.2) is 0 Å². The third kappa shape index (κ3) is 3.53. The summed E-state index contributed by atoms with van der Waals surface area (Å²) in [5.74, 6) is 0. The first-order valence-corrected chi connectivity index (χ1v) is 8.54. The second-order valence-electron chi connectivity index (χ2n) is 5.37. The van der Waals surface area contributed by atoms with E-state index in [1.807, 2.05) is 12.1 Å². The van der Waals surface area contributed by atoms with Crippen LogP contribution in [0.1, 0.15) is 5.56 Å². The van der Waals surface area contributed by atoms with Gasteiger partial charge < -0.3 is 0 Å². The van der Waals surface area contributed by atoms with E-state index in [0.717, 1.165) is 25.5 Å². The van der Waals surface area contributed by atoms with Crippen molar-refractivity contribution in [3.63, 3.8) is 0 Å². The smallest absolute Gasteiger partial charge is 0.0950 e. The fourth-order valence-corrected chi connectivity index (χ4v) is 3.66. The third-order valence-electron chi connectivity index (χ3n) is 3.51. The number of benzene rings is 3. The first-order chi connectivity index (χ1) is 10.5. The molecule has 0 bridgehead atoms. The summed E-state index contributed by atoms with van der Waals surface area (Å²) in [6.07, 6.45) is 0. The summed E-state index contributed by atoms with van der Waals surface area (Å²) in [6.45, 7) is 2.10. The molecule has 0 aromatic heterocycles. The highest BCUT2D eigenvalue weighted by Gasteiger charge is 2.03. The predicted octanol–water partition coefficient (Wildman–Crippen LogP) is 5.65. The molecule has 0 atom stereocenters. The molecule has 0 aliphatic heterocycles. The van der Waals surface area contributed by atoms with Crippen LogP contribution in [0.5, 0.6) is 0 Å². The Hall–Kier alpha value is -1.32. The normalized spacial score (nSPS) is 10.7. The Morgan fingerprint density at radius 1 is 0.636 bits per heavy atom. The van der Waals surface area contributed by atoms with Crippen LogP contribution >= 0.6 is 31.9 Å². The number of rotatable bonds is 2. The predicted molar refractivity (Wildman–Crippen MR) is 103 cm³/mol. The molecule has 3 rings (SSSR count). The van der Waals surface area contributed by atoms with Gasteiger partial charge in [0.05, 0.1) is 0 Å². The summed E-state index contributed by atoms with van der Waals surface area (Å²) >= 11 is 7.05. The van der Waals surface area contributed by atoms with E-state index >= 15 is 0 Å². The standard InChI is InChI=1S/C19H13BBr2/c1-12-6-15(9-18(21)7-12)13-2-4-14(5-3-13)16-8-17(20)11-19(22)10-16/h2-11H,1H3. The van der Waals surface area contributed by atoms with Crippen molar-refractivity contribution in [1.82, 2.24) is 0 Å². The molecule has 0 spiro atoms. The lowest BCUT2D eigenvalue weighted by Crippen LogP contribution is -2.01. The molecular formula is C19H13BBr2. The number of hydrogen-bond donors (Lipinski definition) is 0. The van der Waals surface area contributed by atoms with E-state index < -0.39 is 0 Å². The van der Waals surface area contributed by atoms with Crippen LogP contribution in [0, 0.1) is 6.92 Å². The Balaban J connectivity index is 1.98. The molecule has 0 saturated carbocycles. The van der Waals surface area contributed by atoms with Gasteiger partial charge in [-0.3, -0.25) is 0 Å². The van der Waals surface area contributed by atoms with E-state index in [1.54, 1.807) is 0 Å². The fourth-order valence-electron chi connectivity index (χ4n) is 2.54. The monoisotopic (exact) mass is 410 g/mol. The molecule has 0 heterocycles. The highest BCUT2D eigenvalue weighted by molar-refractivity contribution is 9.10. The Morgan fingerprint density at radius 2 is 1.14 bits per heavy atom. The van der Waals surface area contributed by atoms with Crippen LogP contribution in [-0.2, 0) is 0 Å². The Morgan fingerprint density at radius 3 is 1.64 bits per heavy atom. The van der Waals surface area contributed by atoms with Crippen LogP contribution in [0.25, 0.3) is 22.3 Å². The zero-order chi connectivity index (χ0) is 15.7. The van der Waals surface area contributed by atoms with Crippen molar-refractivity contribution in [3.8, 4) is 22.3 Å². The molecule has 0 N–H and O–H groups in total. The highest BCUT2D eigenvalue weighted by atomic mass is 79.9. The lowest BCUT2D eigenvalue weighted by atomic mass is 9.92. The summed E-state index contributed by atoms with van der Waals surface area (Å²) < 4.78 is 2.10. The van der Waals surface area contributed by atoms with Crippen molar-refractivity contribution in [2.75, 3.05) is 0 Å². The summed E-state index contributed by atoms with van der Waals surface area (Å²) in [6, 6.07) is 21.0. The van der Waals surface area contributed by atoms with Crippen LogP contribution in [-0.4, -0.2) is 7.85 Å². The fraction of sp³-hybridized carbons (Fsp3) is 0.0526. The Kier molecular flexibility index (Phi) is 4.55. The Bertz CT molecular complexity index is 712. The van der Waals surface area contributed by atoms with Crippen molar-refractivity contribution >= 4 is 45.2 Å². The van der Waals surface area contributed by atoms with Crippen LogP contribution in [0.15, 0.2) is 69.6 Å². The maximum atomic E-state index is 5.92. The molecule has 0 aliphatic carbocycles. The van der Waals surface area contributed by atoms with Crippen molar-refractivity contribution in [3.05, 3.63) is 75.2 Å². The quantitative estimate of drug-likeness (QED) is 0.478. The van der Waals surface area contributed by atoms with Gasteiger partial charge in [0.2, 0.25) is 0 Å². The van der Waals surface area contributed by atoms with Gasteiger partial charge in [-0.25, -0.2) is 0 Å². The molecular weight excluding hydrogens is 399 g/mol. The minimum Gasteiger partial charge on any atom is -0.0950 e. The van der Waals surface area contributed by atoms with Crippen LogP contribution in [0.3, 0.4) is 0 Å². The first kappa shape index (κ1) is 15.6. The largest absolute Gasteiger partial charge is 0.113 e. The van der Waals surface area contributed by atoms with Crippen LogP contribution in [0.2, 0.25) is 0 Å². The lowest BCUT2D eigenvalue weighted by Gasteiger charge is -2.08. The average molecular weight is 412 g/mol. The van der Waals surface area contributed by atoms with Gasteiger partial charge in [-0.2, -0.15) is 0 Å². The second kappa shape index (κ2) is 6.43. The van der Waals surface area contributed by atoms with Gasteiger partial charge in [-0.1, -0.05) is 79.8 Å². The highest BCUT2D eigenvalue weighted by Crippen LogP contribution is 2.28. The van der Waals surface area contributed by atoms with Crippen LogP contribution < -0.4 is 5.46 Å². The molecule has 0 amide bonds. The summed E-state index contributed by atoms with van der Waals surface area (Å²) in [4.78, 5) is 0. The number of hydrogen-bond acceptors (Lipinski definition) is 0. The van der Waals surface area contributed by atoms with E-state index in [9.17, 15) is 0 Å².